The smallest absolute Gasteiger partial charge is 0.323 e. The number of carboxylic acid groups (broad SMARTS) is 1. The Kier molecular flexibility index (Phi) is 4.79. The summed E-state index contributed by atoms with van der Waals surface area (Å²) in [4.78, 5) is 21.6. The minimum absolute atomic E-state index is 0.445. The van der Waals surface area contributed by atoms with E-state index in [2.05, 4.69) is 10.6 Å². The summed E-state index contributed by atoms with van der Waals surface area (Å²) in [5.41, 5.74) is 0.468. The van der Waals surface area contributed by atoms with Crippen molar-refractivity contribution < 1.29 is 24.2 Å². The molecule has 18 heavy (non-hydrogen) atoms. The number of carboxylic acids is 1. The molecule has 0 aliphatic carbocycles. The fourth-order valence-electron chi connectivity index (χ4n) is 1.25. The van der Waals surface area contributed by atoms with E-state index in [-0.39, 0.29) is 0 Å². The Morgan fingerprint density at radius 2 is 1.89 bits per heavy atom. The summed E-state index contributed by atoms with van der Waals surface area (Å²) in [5.74, 6) is -0.111. The monoisotopic (exact) mass is 254 g/mol. The Hall–Kier alpha value is -2.44. The normalized spacial score (nSPS) is 9.44. The molecule has 0 atom stereocenters. The van der Waals surface area contributed by atoms with Gasteiger partial charge in [-0.25, -0.2) is 4.79 Å². The van der Waals surface area contributed by atoms with Crippen LogP contribution in [-0.2, 0) is 4.79 Å². The predicted octanol–water partition coefficient (Wildman–Crippen LogP) is 0.910. The molecule has 0 fully saturated rings. The number of benzene rings is 1. The van der Waals surface area contributed by atoms with Crippen LogP contribution in [0.3, 0.4) is 0 Å². The van der Waals surface area contributed by atoms with Crippen LogP contribution >= 0.6 is 0 Å². The second kappa shape index (κ2) is 6.33. The van der Waals surface area contributed by atoms with Gasteiger partial charge in [-0.2, -0.15) is 0 Å². The van der Waals surface area contributed by atoms with Crippen LogP contribution in [0.5, 0.6) is 11.5 Å². The van der Waals surface area contributed by atoms with Gasteiger partial charge in [-0.05, 0) is 12.1 Å². The Morgan fingerprint density at radius 3 is 2.44 bits per heavy atom. The zero-order valence-electron chi connectivity index (χ0n) is 10.0. The first-order valence-corrected chi connectivity index (χ1v) is 5.05. The molecule has 0 bridgehead atoms. The van der Waals surface area contributed by atoms with E-state index in [0.29, 0.717) is 17.2 Å². The SMILES string of the molecule is COc1ccc(NC(=O)NCC(=O)O)cc1OC. The second-order valence-corrected chi connectivity index (χ2v) is 3.27. The lowest BCUT2D eigenvalue weighted by molar-refractivity contribution is -0.135. The molecule has 0 saturated heterocycles. The third kappa shape index (κ3) is 3.85. The highest BCUT2D eigenvalue weighted by Crippen LogP contribution is 2.29. The maximum absolute atomic E-state index is 11.3. The van der Waals surface area contributed by atoms with Crippen LogP contribution in [0.15, 0.2) is 18.2 Å². The van der Waals surface area contributed by atoms with Gasteiger partial charge in [0.2, 0.25) is 0 Å². The Bertz CT molecular complexity index is 447. The van der Waals surface area contributed by atoms with E-state index in [1.165, 1.54) is 14.2 Å². The summed E-state index contributed by atoms with van der Waals surface area (Å²) in [6.45, 7) is -0.445. The molecular formula is C11H14N2O5. The van der Waals surface area contributed by atoms with Crippen molar-refractivity contribution in [3.05, 3.63) is 18.2 Å². The van der Waals surface area contributed by atoms with Crippen molar-refractivity contribution >= 4 is 17.7 Å². The van der Waals surface area contributed by atoms with Crippen LogP contribution in [0.1, 0.15) is 0 Å². The van der Waals surface area contributed by atoms with E-state index in [1.807, 2.05) is 0 Å². The van der Waals surface area contributed by atoms with Gasteiger partial charge in [-0.1, -0.05) is 0 Å². The molecule has 7 heteroatoms. The summed E-state index contributed by atoms with van der Waals surface area (Å²) in [7, 11) is 2.98. The maximum Gasteiger partial charge on any atom is 0.323 e. The van der Waals surface area contributed by atoms with Crippen molar-refractivity contribution in [1.29, 1.82) is 0 Å². The first kappa shape index (κ1) is 13.6. The highest BCUT2D eigenvalue weighted by molar-refractivity contribution is 5.91. The van der Waals surface area contributed by atoms with Gasteiger partial charge >= 0.3 is 12.0 Å². The number of carbonyl (C=O) groups is 2. The van der Waals surface area contributed by atoms with Crippen LogP contribution in [0.2, 0.25) is 0 Å². The largest absolute Gasteiger partial charge is 0.493 e. The first-order valence-electron chi connectivity index (χ1n) is 5.05. The summed E-state index contributed by atoms with van der Waals surface area (Å²) < 4.78 is 10.1. The fourth-order valence-corrected chi connectivity index (χ4v) is 1.25. The number of urea groups is 1. The topological polar surface area (TPSA) is 96.9 Å². The van der Waals surface area contributed by atoms with Gasteiger partial charge in [0.1, 0.15) is 6.54 Å². The van der Waals surface area contributed by atoms with Gasteiger partial charge in [0.05, 0.1) is 14.2 Å². The van der Waals surface area contributed by atoms with Gasteiger partial charge in [0, 0.05) is 11.8 Å². The number of hydrogen-bond donors (Lipinski definition) is 3. The number of rotatable bonds is 5. The molecule has 7 nitrogen and oxygen atoms in total. The average molecular weight is 254 g/mol. The number of hydrogen-bond acceptors (Lipinski definition) is 4. The third-order valence-electron chi connectivity index (χ3n) is 2.04. The standard InChI is InChI=1S/C11H14N2O5/c1-17-8-4-3-7(5-9(8)18-2)13-11(16)12-6-10(14)15/h3-5H,6H2,1-2H3,(H,14,15)(H2,12,13,16). The Morgan fingerprint density at radius 1 is 1.22 bits per heavy atom. The van der Waals surface area contributed by atoms with E-state index in [9.17, 15) is 9.59 Å². The lowest BCUT2D eigenvalue weighted by Crippen LogP contribution is -2.33. The molecular weight excluding hydrogens is 240 g/mol. The van der Waals surface area contributed by atoms with Crippen LogP contribution in [0.25, 0.3) is 0 Å². The van der Waals surface area contributed by atoms with Gasteiger partial charge in [-0.3, -0.25) is 4.79 Å². The summed E-state index contributed by atoms with van der Waals surface area (Å²) in [5, 5.41) is 13.0. The van der Waals surface area contributed by atoms with Crippen LogP contribution < -0.4 is 20.1 Å². The molecule has 3 N–H and O–H groups in total. The highest BCUT2D eigenvalue weighted by Gasteiger charge is 2.07. The molecule has 1 aromatic carbocycles. The lowest BCUT2D eigenvalue weighted by atomic mass is 10.3. The molecule has 0 heterocycles. The van der Waals surface area contributed by atoms with Crippen molar-refractivity contribution in [2.45, 2.75) is 0 Å². The molecule has 2 amide bonds. The molecule has 98 valence electrons. The fraction of sp³-hybridized carbons (Fsp3) is 0.273. The Balaban J connectivity index is 2.67. The summed E-state index contributed by atoms with van der Waals surface area (Å²) in [6.07, 6.45) is 0. The highest BCUT2D eigenvalue weighted by atomic mass is 16.5. The molecule has 1 aromatic rings. The molecule has 0 spiro atoms. The number of aliphatic carboxylic acids is 1. The van der Waals surface area contributed by atoms with E-state index in [4.69, 9.17) is 14.6 Å². The van der Waals surface area contributed by atoms with Crippen molar-refractivity contribution in [2.24, 2.45) is 0 Å². The molecule has 0 aliphatic rings. The maximum atomic E-state index is 11.3. The van der Waals surface area contributed by atoms with Crippen LogP contribution in [0.4, 0.5) is 10.5 Å². The van der Waals surface area contributed by atoms with E-state index in [1.54, 1.807) is 18.2 Å². The molecule has 0 radical (unpaired) electrons. The number of amides is 2. The van der Waals surface area contributed by atoms with E-state index in [0.717, 1.165) is 0 Å². The van der Waals surface area contributed by atoms with Gasteiger partial charge < -0.3 is 25.2 Å². The Labute approximate surface area is 104 Å². The van der Waals surface area contributed by atoms with Crippen LogP contribution in [0, 0.1) is 0 Å². The summed E-state index contributed by atoms with van der Waals surface area (Å²) >= 11 is 0. The lowest BCUT2D eigenvalue weighted by Gasteiger charge is -2.10. The van der Waals surface area contributed by atoms with Gasteiger partial charge in [-0.15, -0.1) is 0 Å². The van der Waals surface area contributed by atoms with Crippen molar-refractivity contribution in [3.8, 4) is 11.5 Å². The molecule has 0 aromatic heterocycles. The number of ether oxygens (including phenoxy) is 2. The minimum Gasteiger partial charge on any atom is -0.493 e. The summed E-state index contributed by atoms with van der Waals surface area (Å²) in [6, 6.07) is 4.21. The van der Waals surface area contributed by atoms with E-state index >= 15 is 0 Å². The second-order valence-electron chi connectivity index (χ2n) is 3.27. The first-order chi connectivity index (χ1) is 8.56. The molecule has 0 unspecified atom stereocenters. The number of anilines is 1. The number of methoxy groups -OCH3 is 2. The molecule has 0 aliphatic heterocycles. The third-order valence-corrected chi connectivity index (χ3v) is 2.04. The van der Waals surface area contributed by atoms with Gasteiger partial charge in [0.15, 0.2) is 11.5 Å². The number of carbonyl (C=O) groups excluding carboxylic acids is 1. The van der Waals surface area contributed by atoms with E-state index < -0.39 is 18.5 Å². The van der Waals surface area contributed by atoms with Crippen molar-refractivity contribution in [3.63, 3.8) is 0 Å². The quantitative estimate of drug-likeness (QED) is 0.725. The van der Waals surface area contributed by atoms with Crippen LogP contribution in [-0.4, -0.2) is 37.9 Å². The van der Waals surface area contributed by atoms with Gasteiger partial charge in [0.25, 0.3) is 0 Å². The average Bonchev–Trinajstić information content (AvgIpc) is 2.36. The number of nitrogens with one attached hydrogen (secondary N) is 2. The predicted molar refractivity (Wildman–Crippen MR) is 64.2 cm³/mol. The molecule has 0 saturated carbocycles. The molecule has 1 rings (SSSR count). The minimum atomic E-state index is -1.11. The van der Waals surface area contributed by atoms with Crippen molar-refractivity contribution in [1.82, 2.24) is 5.32 Å². The van der Waals surface area contributed by atoms with Crippen molar-refractivity contribution in [2.75, 3.05) is 26.1 Å². The zero-order valence-corrected chi connectivity index (χ0v) is 10.0. The zero-order chi connectivity index (χ0) is 13.5.